The van der Waals surface area contributed by atoms with E-state index in [9.17, 15) is 10.1 Å². The summed E-state index contributed by atoms with van der Waals surface area (Å²) in [6, 6.07) is 7.53. The number of benzene rings is 1. The van der Waals surface area contributed by atoms with Crippen LogP contribution in [-0.4, -0.2) is 46.8 Å². The lowest BCUT2D eigenvalue weighted by molar-refractivity contribution is -0.120. The molecule has 0 saturated carbocycles. The van der Waals surface area contributed by atoms with Crippen LogP contribution >= 0.6 is 0 Å². The topological polar surface area (TPSA) is 87.5 Å². The number of nitrogens with one attached hydrogen (secondary N) is 1. The smallest absolute Gasteiger partial charge is 0.236 e. The van der Waals surface area contributed by atoms with Crippen molar-refractivity contribution in [1.82, 2.24) is 9.22 Å². The van der Waals surface area contributed by atoms with Crippen LogP contribution in [0.4, 0.5) is 5.69 Å². The number of nitrogens with zero attached hydrogens (tertiary/aromatic N) is 3. The highest BCUT2D eigenvalue weighted by Crippen LogP contribution is 2.49. The molecule has 1 N–H and O–H groups in total. The number of amides is 1. The van der Waals surface area contributed by atoms with Gasteiger partial charge in [0.25, 0.3) is 0 Å². The first-order valence-corrected chi connectivity index (χ1v) is 16.2. The highest BCUT2D eigenvalue weighted by atomic mass is 28.4. The maximum absolute atomic E-state index is 14.2. The normalized spacial score (nSPS) is 15.2. The zero-order chi connectivity index (χ0) is 25.2. The zero-order valence-corrected chi connectivity index (χ0v) is 23.2. The molecule has 1 aromatic heterocycles. The van der Waals surface area contributed by atoms with Crippen molar-refractivity contribution >= 4 is 29.5 Å². The van der Waals surface area contributed by atoms with E-state index in [4.69, 9.17) is 9.47 Å². The Hall–Kier alpha value is -3.10. The third kappa shape index (κ3) is 4.61. The third-order valence-electron chi connectivity index (χ3n) is 5.85. The standard InChI is InChI=1S/C25H32N4O3Si2/c1-9-32-24-22-21(18-11-10-17(13-26)12-19(18)31-4)20(25(30)29(33-5)34(6,7)8)16(3)28-23(22)15(2)14-27-24/h10-12,14,21,28H,9H2,1-8H3. The summed E-state index contributed by atoms with van der Waals surface area (Å²) in [5.74, 6) is 0.590. The molecule has 1 amide bonds. The van der Waals surface area contributed by atoms with E-state index >= 15 is 0 Å². The van der Waals surface area contributed by atoms with E-state index in [1.54, 1.807) is 25.4 Å². The lowest BCUT2D eigenvalue weighted by Crippen LogP contribution is -2.52. The molecule has 1 aliphatic heterocycles. The minimum absolute atomic E-state index is 0.0102. The molecular formula is C25H32N4O3Si2. The number of hydrogen-bond donors (Lipinski definition) is 1. The molecule has 34 heavy (non-hydrogen) atoms. The second-order valence-electron chi connectivity index (χ2n) is 9.17. The van der Waals surface area contributed by atoms with Crippen molar-refractivity contribution in [3.63, 3.8) is 0 Å². The Morgan fingerprint density at radius 3 is 2.59 bits per heavy atom. The fraction of sp³-hybridized carbons (Fsp3) is 0.400. The largest absolute Gasteiger partial charge is 0.496 e. The van der Waals surface area contributed by atoms with E-state index < -0.39 is 14.2 Å². The number of carbonyl (C=O) groups excluding carboxylic acids is 1. The van der Waals surface area contributed by atoms with Crippen molar-refractivity contribution < 1.29 is 14.3 Å². The molecule has 1 aromatic carbocycles. The Kier molecular flexibility index (Phi) is 7.53. The number of aromatic nitrogens is 1. The molecule has 2 heterocycles. The quantitative estimate of drug-likeness (QED) is 0.557. The molecule has 2 aromatic rings. The summed E-state index contributed by atoms with van der Waals surface area (Å²) in [6.45, 7) is 14.9. The monoisotopic (exact) mass is 492 g/mol. The predicted octanol–water partition coefficient (Wildman–Crippen LogP) is 4.83. The summed E-state index contributed by atoms with van der Waals surface area (Å²) in [5.41, 5.74) is 5.41. The van der Waals surface area contributed by atoms with Crippen molar-refractivity contribution in [1.29, 1.82) is 5.26 Å². The summed E-state index contributed by atoms with van der Waals surface area (Å²) in [6.07, 6.45) is 1.78. The molecule has 3 rings (SSSR count). The zero-order valence-electron chi connectivity index (χ0n) is 21.2. The van der Waals surface area contributed by atoms with Crippen molar-refractivity contribution in [2.75, 3.05) is 19.0 Å². The highest BCUT2D eigenvalue weighted by Gasteiger charge is 2.41. The van der Waals surface area contributed by atoms with Gasteiger partial charge in [0.15, 0.2) is 9.68 Å². The fourth-order valence-corrected chi connectivity index (χ4v) is 8.12. The summed E-state index contributed by atoms with van der Waals surface area (Å²) in [5, 5.41) is 12.9. The van der Waals surface area contributed by atoms with E-state index in [1.165, 1.54) is 0 Å². The number of pyridine rings is 1. The fourth-order valence-electron chi connectivity index (χ4n) is 4.39. The average molecular weight is 493 g/mol. The highest BCUT2D eigenvalue weighted by molar-refractivity contribution is 6.82. The summed E-state index contributed by atoms with van der Waals surface area (Å²) >= 11 is 0. The van der Waals surface area contributed by atoms with Gasteiger partial charge in [-0.1, -0.05) is 32.3 Å². The van der Waals surface area contributed by atoms with Gasteiger partial charge in [0.2, 0.25) is 11.8 Å². The van der Waals surface area contributed by atoms with Gasteiger partial charge >= 0.3 is 0 Å². The Balaban J connectivity index is 2.38. The molecule has 0 bridgehead atoms. The first-order chi connectivity index (χ1) is 16.1. The van der Waals surface area contributed by atoms with E-state index in [0.717, 1.165) is 28.1 Å². The van der Waals surface area contributed by atoms with Gasteiger partial charge in [-0.3, -0.25) is 4.79 Å². The molecule has 0 saturated heterocycles. The number of methoxy groups -OCH3 is 1. The van der Waals surface area contributed by atoms with Crippen LogP contribution < -0.4 is 14.8 Å². The van der Waals surface area contributed by atoms with Crippen molar-refractivity contribution in [2.24, 2.45) is 0 Å². The van der Waals surface area contributed by atoms with Crippen LogP contribution in [0, 0.1) is 18.3 Å². The number of rotatable bonds is 7. The van der Waals surface area contributed by atoms with Crippen molar-refractivity contribution in [3.8, 4) is 17.7 Å². The van der Waals surface area contributed by atoms with Crippen molar-refractivity contribution in [3.05, 3.63) is 57.9 Å². The lowest BCUT2D eigenvalue weighted by Gasteiger charge is -2.39. The molecule has 0 aliphatic carbocycles. The molecule has 178 valence electrons. The predicted molar refractivity (Wildman–Crippen MR) is 138 cm³/mol. The van der Waals surface area contributed by atoms with Gasteiger partial charge in [0.05, 0.1) is 42.5 Å². The third-order valence-corrected chi connectivity index (χ3v) is 10.7. The van der Waals surface area contributed by atoms with E-state index in [0.29, 0.717) is 39.1 Å². The molecule has 0 fully saturated rings. The van der Waals surface area contributed by atoms with Crippen LogP contribution in [-0.2, 0) is 4.79 Å². The number of ether oxygens (including phenoxy) is 2. The van der Waals surface area contributed by atoms with Crippen LogP contribution in [0.5, 0.6) is 11.6 Å². The molecule has 9 heteroatoms. The van der Waals surface area contributed by atoms with E-state index in [-0.39, 0.29) is 5.91 Å². The summed E-state index contributed by atoms with van der Waals surface area (Å²) < 4.78 is 13.7. The van der Waals surface area contributed by atoms with Crippen LogP contribution in [0.1, 0.15) is 42.0 Å². The number of aryl methyl sites for hydroxylation is 1. The maximum Gasteiger partial charge on any atom is 0.236 e. The minimum Gasteiger partial charge on any atom is -0.496 e. The van der Waals surface area contributed by atoms with Gasteiger partial charge < -0.3 is 19.0 Å². The number of anilines is 1. The van der Waals surface area contributed by atoms with Crippen LogP contribution in [0.25, 0.3) is 0 Å². The van der Waals surface area contributed by atoms with Gasteiger partial charge in [-0.2, -0.15) is 5.26 Å². The Morgan fingerprint density at radius 1 is 1.32 bits per heavy atom. The summed E-state index contributed by atoms with van der Waals surface area (Å²) in [7, 11) is -0.0176. The van der Waals surface area contributed by atoms with Crippen LogP contribution in [0.3, 0.4) is 0 Å². The van der Waals surface area contributed by atoms with E-state index in [1.807, 2.05) is 37.6 Å². The van der Waals surface area contributed by atoms with Gasteiger partial charge in [0.1, 0.15) is 14.0 Å². The van der Waals surface area contributed by atoms with Gasteiger partial charge in [-0.05, 0) is 38.5 Å². The van der Waals surface area contributed by atoms with Crippen molar-refractivity contribution in [2.45, 2.75) is 52.9 Å². The minimum atomic E-state index is -1.95. The van der Waals surface area contributed by atoms with E-state index in [2.05, 4.69) is 36.0 Å². The second kappa shape index (κ2) is 10.0. The number of fused-ring (bicyclic) bond motifs is 1. The molecule has 2 radical (unpaired) electrons. The number of nitriles is 1. The van der Waals surface area contributed by atoms with Gasteiger partial charge in [-0.15, -0.1) is 0 Å². The first kappa shape index (κ1) is 25.5. The summed E-state index contributed by atoms with van der Waals surface area (Å²) in [4.78, 5) is 18.8. The Labute approximate surface area is 205 Å². The molecule has 1 aliphatic rings. The van der Waals surface area contributed by atoms with Crippen LogP contribution in [0.15, 0.2) is 35.7 Å². The number of hydrogen-bond acceptors (Lipinski definition) is 6. The Morgan fingerprint density at radius 2 is 2.03 bits per heavy atom. The Bertz CT molecular complexity index is 1180. The first-order valence-electron chi connectivity index (χ1n) is 11.3. The molecule has 1 unspecified atom stereocenters. The van der Waals surface area contributed by atoms with Crippen LogP contribution in [0.2, 0.25) is 26.2 Å². The maximum atomic E-state index is 14.2. The second-order valence-corrected chi connectivity index (χ2v) is 15.3. The molecule has 0 spiro atoms. The molecule has 1 atom stereocenters. The lowest BCUT2D eigenvalue weighted by atomic mass is 9.79. The number of carbonyl (C=O) groups is 1. The van der Waals surface area contributed by atoms with Gasteiger partial charge in [0, 0.05) is 23.0 Å². The number of allylic oxidation sites excluding steroid dienone is 1. The SMILES string of the molecule is CCOc1ncc(C)c2c1C(c1ccc(C#N)cc1OC)C(C(=O)N([Si]C)[Si](C)(C)C)=C(C)N2. The average Bonchev–Trinajstić information content (AvgIpc) is 2.79. The molecular weight excluding hydrogens is 460 g/mol. The van der Waals surface area contributed by atoms with Gasteiger partial charge in [-0.25, -0.2) is 4.98 Å². The molecule has 7 nitrogen and oxygen atoms in total.